The zero-order valence-electron chi connectivity index (χ0n) is 18.1. The molecule has 0 unspecified atom stereocenters. The van der Waals surface area contributed by atoms with Gasteiger partial charge in [-0.2, -0.15) is 5.10 Å². The van der Waals surface area contributed by atoms with Gasteiger partial charge in [0.15, 0.2) is 0 Å². The van der Waals surface area contributed by atoms with E-state index in [1.54, 1.807) is 6.21 Å². The number of nitrogens with zero attached hydrogens (tertiary/aromatic N) is 2. The van der Waals surface area contributed by atoms with E-state index < -0.39 is 0 Å². The molecule has 0 saturated heterocycles. The molecule has 6 heteroatoms. The van der Waals surface area contributed by atoms with Crippen LogP contribution in [0.2, 0.25) is 0 Å². The summed E-state index contributed by atoms with van der Waals surface area (Å²) in [5, 5.41) is 6.89. The number of amides is 2. The van der Waals surface area contributed by atoms with Crippen molar-refractivity contribution in [1.82, 2.24) is 9.99 Å². The minimum Gasteiger partial charge on any atom is -0.494 e. The third-order valence-corrected chi connectivity index (χ3v) is 5.01. The van der Waals surface area contributed by atoms with Crippen molar-refractivity contribution in [2.24, 2.45) is 5.10 Å². The summed E-state index contributed by atoms with van der Waals surface area (Å²) >= 11 is 0. The molecular formula is C24H28N4O2. The van der Waals surface area contributed by atoms with Gasteiger partial charge in [0.25, 0.3) is 0 Å². The second kappa shape index (κ2) is 9.31. The lowest BCUT2D eigenvalue weighted by Gasteiger charge is -2.11. The van der Waals surface area contributed by atoms with Crippen molar-refractivity contribution in [3.05, 3.63) is 76.6 Å². The topological polar surface area (TPSA) is 67.6 Å². The number of carbonyl (C=O) groups is 1. The van der Waals surface area contributed by atoms with Gasteiger partial charge in [0.05, 0.1) is 12.8 Å². The highest BCUT2D eigenvalue weighted by Crippen LogP contribution is 2.22. The molecule has 0 atom stereocenters. The average molecular weight is 405 g/mol. The molecule has 0 spiro atoms. The van der Waals surface area contributed by atoms with Gasteiger partial charge < -0.3 is 14.6 Å². The molecule has 2 N–H and O–H groups in total. The van der Waals surface area contributed by atoms with E-state index in [1.165, 1.54) is 5.56 Å². The molecule has 2 aromatic carbocycles. The first-order valence-corrected chi connectivity index (χ1v) is 9.98. The quantitative estimate of drug-likeness (QED) is 0.434. The Morgan fingerprint density at radius 1 is 1.03 bits per heavy atom. The van der Waals surface area contributed by atoms with E-state index in [1.807, 2.05) is 83.1 Å². The van der Waals surface area contributed by atoms with E-state index in [0.29, 0.717) is 6.61 Å². The highest BCUT2D eigenvalue weighted by atomic mass is 16.5. The molecular weight excluding hydrogens is 376 g/mol. The summed E-state index contributed by atoms with van der Waals surface area (Å²) < 4.78 is 7.66. The van der Waals surface area contributed by atoms with Crippen molar-refractivity contribution in [2.45, 2.75) is 34.6 Å². The summed E-state index contributed by atoms with van der Waals surface area (Å²) in [6, 6.07) is 15.4. The number of hydrazone groups is 1. The van der Waals surface area contributed by atoms with Crippen LogP contribution in [0.1, 0.15) is 35.0 Å². The number of anilines is 1. The number of ether oxygens (including phenoxy) is 1. The van der Waals surface area contributed by atoms with Crippen LogP contribution in [0, 0.1) is 27.7 Å². The van der Waals surface area contributed by atoms with Gasteiger partial charge in [-0.05, 0) is 88.2 Å². The number of hydrogen-bond donors (Lipinski definition) is 2. The Kier molecular flexibility index (Phi) is 6.57. The third kappa shape index (κ3) is 4.89. The Balaban J connectivity index is 1.68. The number of carbonyl (C=O) groups excluding carboxylic acids is 1. The summed E-state index contributed by atoms with van der Waals surface area (Å²) in [6.07, 6.45) is 1.66. The van der Waals surface area contributed by atoms with Crippen molar-refractivity contribution in [1.29, 1.82) is 0 Å². The Bertz CT molecular complexity index is 1070. The fourth-order valence-corrected chi connectivity index (χ4v) is 3.31. The highest BCUT2D eigenvalue weighted by molar-refractivity contribution is 5.90. The van der Waals surface area contributed by atoms with Crippen molar-refractivity contribution >= 4 is 17.9 Å². The molecule has 0 bridgehead atoms. The van der Waals surface area contributed by atoms with Crippen molar-refractivity contribution in [2.75, 3.05) is 11.9 Å². The van der Waals surface area contributed by atoms with Gasteiger partial charge in [-0.15, -0.1) is 0 Å². The van der Waals surface area contributed by atoms with Crippen LogP contribution in [0.5, 0.6) is 5.75 Å². The molecule has 0 aliphatic carbocycles. The summed E-state index contributed by atoms with van der Waals surface area (Å²) in [7, 11) is 0. The first kappa shape index (κ1) is 21.2. The van der Waals surface area contributed by atoms with Crippen LogP contribution in [0.25, 0.3) is 5.69 Å². The number of benzene rings is 2. The van der Waals surface area contributed by atoms with E-state index >= 15 is 0 Å². The summed E-state index contributed by atoms with van der Waals surface area (Å²) in [5.41, 5.74) is 9.67. The minimum atomic E-state index is -0.380. The van der Waals surface area contributed by atoms with Crippen molar-refractivity contribution < 1.29 is 9.53 Å². The second-order valence-corrected chi connectivity index (χ2v) is 7.21. The normalized spacial score (nSPS) is 11.0. The maximum Gasteiger partial charge on any atom is 0.339 e. The SMILES string of the molecule is CCOc1ccc(-n2c(C)cc(/C=N/NC(=O)Nc3ccc(C)c(C)c3)c2C)cc1. The van der Waals surface area contributed by atoms with E-state index in [-0.39, 0.29) is 6.03 Å². The fraction of sp³-hybridized carbons (Fsp3) is 0.250. The predicted molar refractivity (Wildman–Crippen MR) is 122 cm³/mol. The number of aryl methyl sites for hydroxylation is 3. The van der Waals surface area contributed by atoms with Crippen LogP contribution in [0.15, 0.2) is 53.6 Å². The Labute approximate surface area is 177 Å². The van der Waals surface area contributed by atoms with Gasteiger partial charge in [-0.1, -0.05) is 6.07 Å². The zero-order valence-corrected chi connectivity index (χ0v) is 18.1. The number of hydrogen-bond acceptors (Lipinski definition) is 3. The van der Waals surface area contributed by atoms with Gasteiger partial charge in [0.2, 0.25) is 0 Å². The molecule has 1 aromatic heterocycles. The van der Waals surface area contributed by atoms with Gasteiger partial charge in [0.1, 0.15) is 5.75 Å². The highest BCUT2D eigenvalue weighted by Gasteiger charge is 2.10. The monoisotopic (exact) mass is 404 g/mol. The molecule has 0 aliphatic heterocycles. The first-order valence-electron chi connectivity index (χ1n) is 9.98. The van der Waals surface area contributed by atoms with Gasteiger partial charge >= 0.3 is 6.03 Å². The Morgan fingerprint density at radius 2 is 1.77 bits per heavy atom. The molecule has 0 radical (unpaired) electrons. The van der Waals surface area contributed by atoms with Crippen LogP contribution in [0.3, 0.4) is 0 Å². The molecule has 0 fully saturated rings. The summed E-state index contributed by atoms with van der Waals surface area (Å²) in [6.45, 7) is 10.7. The van der Waals surface area contributed by atoms with E-state index in [9.17, 15) is 4.79 Å². The zero-order chi connectivity index (χ0) is 21.7. The van der Waals surface area contributed by atoms with Crippen LogP contribution in [-0.4, -0.2) is 23.4 Å². The number of urea groups is 1. The summed E-state index contributed by atoms with van der Waals surface area (Å²) in [4.78, 5) is 12.1. The average Bonchev–Trinajstić information content (AvgIpc) is 2.99. The van der Waals surface area contributed by atoms with Crippen LogP contribution >= 0.6 is 0 Å². The largest absolute Gasteiger partial charge is 0.494 e. The molecule has 0 aliphatic rings. The van der Waals surface area contributed by atoms with Crippen molar-refractivity contribution in [3.8, 4) is 11.4 Å². The molecule has 156 valence electrons. The molecule has 6 nitrogen and oxygen atoms in total. The fourth-order valence-electron chi connectivity index (χ4n) is 3.31. The molecule has 0 saturated carbocycles. The van der Waals surface area contributed by atoms with Crippen molar-refractivity contribution in [3.63, 3.8) is 0 Å². The van der Waals surface area contributed by atoms with E-state index in [0.717, 1.165) is 39.6 Å². The first-order chi connectivity index (χ1) is 14.4. The number of rotatable bonds is 6. The second-order valence-electron chi connectivity index (χ2n) is 7.21. The number of nitrogens with one attached hydrogen (secondary N) is 2. The standard InChI is InChI=1S/C24H28N4O2/c1-6-30-23-11-9-22(10-12-23)28-18(4)14-20(19(28)5)15-25-27-24(29)26-21-8-7-16(2)17(3)13-21/h7-15H,6H2,1-5H3,(H2,26,27,29)/b25-15+. The minimum absolute atomic E-state index is 0.380. The smallest absolute Gasteiger partial charge is 0.339 e. The molecule has 2 amide bonds. The van der Waals surface area contributed by atoms with Gasteiger partial charge in [-0.25, -0.2) is 10.2 Å². The molecule has 1 heterocycles. The van der Waals surface area contributed by atoms with Gasteiger partial charge in [-0.3, -0.25) is 0 Å². The lowest BCUT2D eigenvalue weighted by atomic mass is 10.1. The van der Waals surface area contributed by atoms with Gasteiger partial charge in [0, 0.05) is 28.3 Å². The predicted octanol–water partition coefficient (Wildman–Crippen LogP) is 5.27. The molecule has 30 heavy (non-hydrogen) atoms. The lowest BCUT2D eigenvalue weighted by Crippen LogP contribution is -2.24. The Hall–Kier alpha value is -3.54. The summed E-state index contributed by atoms with van der Waals surface area (Å²) in [5.74, 6) is 0.851. The molecule has 3 aromatic rings. The lowest BCUT2D eigenvalue weighted by molar-refractivity contribution is 0.252. The van der Waals surface area contributed by atoms with Crippen LogP contribution in [0.4, 0.5) is 10.5 Å². The Morgan fingerprint density at radius 3 is 2.43 bits per heavy atom. The maximum absolute atomic E-state index is 12.1. The molecule has 3 rings (SSSR count). The van der Waals surface area contributed by atoms with Crippen LogP contribution < -0.4 is 15.5 Å². The number of aromatic nitrogens is 1. The van der Waals surface area contributed by atoms with Crippen LogP contribution in [-0.2, 0) is 0 Å². The third-order valence-electron chi connectivity index (χ3n) is 5.01. The van der Waals surface area contributed by atoms with E-state index in [4.69, 9.17) is 4.74 Å². The van der Waals surface area contributed by atoms with E-state index in [2.05, 4.69) is 20.4 Å². The maximum atomic E-state index is 12.1.